The van der Waals surface area contributed by atoms with Crippen LogP contribution in [0.1, 0.15) is 25.0 Å². The zero-order valence-electron chi connectivity index (χ0n) is 20.5. The number of likely N-dealkylation sites (N-methyl/N-ethyl adjacent to an activating group) is 1. The first-order chi connectivity index (χ1) is 16.7. The molecule has 9 heteroatoms. The predicted octanol–water partition coefficient (Wildman–Crippen LogP) is 1.96. The molecule has 35 heavy (non-hydrogen) atoms. The van der Waals surface area contributed by atoms with Crippen LogP contribution >= 0.6 is 0 Å². The summed E-state index contributed by atoms with van der Waals surface area (Å²) in [4.78, 5) is 13.8. The van der Waals surface area contributed by atoms with Crippen molar-refractivity contribution in [2.45, 2.75) is 30.9 Å². The summed E-state index contributed by atoms with van der Waals surface area (Å²) in [6.07, 6.45) is -0.499. The van der Waals surface area contributed by atoms with Gasteiger partial charge in [-0.1, -0.05) is 37.0 Å². The van der Waals surface area contributed by atoms with Crippen LogP contribution in [0.25, 0.3) is 0 Å². The van der Waals surface area contributed by atoms with Crippen molar-refractivity contribution >= 4 is 15.9 Å². The smallest absolute Gasteiger partial charge is 0.248 e. The number of rotatable bonds is 6. The Morgan fingerprint density at radius 3 is 2.57 bits per heavy atom. The molecule has 1 aliphatic heterocycles. The van der Waals surface area contributed by atoms with Gasteiger partial charge in [0.15, 0.2) is 0 Å². The minimum Gasteiger partial charge on any atom is -0.487 e. The van der Waals surface area contributed by atoms with Crippen LogP contribution in [0.4, 0.5) is 0 Å². The molecule has 2 aromatic carbocycles. The third-order valence-electron chi connectivity index (χ3n) is 5.94. The average Bonchev–Trinajstić information content (AvgIpc) is 2.85. The third kappa shape index (κ3) is 6.41. The van der Waals surface area contributed by atoms with E-state index in [1.54, 1.807) is 26.1 Å². The molecule has 0 spiro atoms. The highest BCUT2D eigenvalue weighted by atomic mass is 32.2. The summed E-state index contributed by atoms with van der Waals surface area (Å²) >= 11 is 0. The molecule has 8 nitrogen and oxygen atoms in total. The van der Waals surface area contributed by atoms with Gasteiger partial charge in [0, 0.05) is 43.8 Å². The fourth-order valence-electron chi connectivity index (χ4n) is 3.79. The van der Waals surface area contributed by atoms with Crippen molar-refractivity contribution < 1.29 is 27.8 Å². The van der Waals surface area contributed by atoms with Crippen molar-refractivity contribution in [3.05, 3.63) is 59.7 Å². The van der Waals surface area contributed by atoms with Crippen molar-refractivity contribution in [3.63, 3.8) is 0 Å². The van der Waals surface area contributed by atoms with Gasteiger partial charge in [0.25, 0.3) is 0 Å². The van der Waals surface area contributed by atoms with Gasteiger partial charge in [0.1, 0.15) is 23.4 Å². The Labute approximate surface area is 207 Å². The third-order valence-corrected chi connectivity index (χ3v) is 7.96. The van der Waals surface area contributed by atoms with Crippen LogP contribution in [-0.4, -0.2) is 81.2 Å². The lowest BCUT2D eigenvalue weighted by atomic mass is 10.0. The van der Waals surface area contributed by atoms with E-state index in [1.165, 1.54) is 22.4 Å². The van der Waals surface area contributed by atoms with Gasteiger partial charge in [-0.05, 0) is 37.3 Å². The molecule has 0 aromatic heterocycles. The Kier molecular flexibility index (Phi) is 8.92. The van der Waals surface area contributed by atoms with E-state index in [2.05, 4.69) is 11.8 Å². The summed E-state index contributed by atoms with van der Waals surface area (Å²) in [6, 6.07) is 13.6. The number of ether oxygens (including phenoxy) is 2. The molecule has 0 aliphatic carbocycles. The molecule has 1 heterocycles. The second-order valence-corrected chi connectivity index (χ2v) is 10.6. The Hall–Kier alpha value is -2.90. The Morgan fingerprint density at radius 1 is 1.23 bits per heavy atom. The van der Waals surface area contributed by atoms with Gasteiger partial charge in [-0.25, -0.2) is 8.42 Å². The lowest BCUT2D eigenvalue weighted by Crippen LogP contribution is -2.50. The molecule has 1 amide bonds. The minimum atomic E-state index is -3.95. The van der Waals surface area contributed by atoms with Gasteiger partial charge in [-0.3, -0.25) is 4.79 Å². The Morgan fingerprint density at radius 2 is 1.91 bits per heavy atom. The van der Waals surface area contributed by atoms with Crippen molar-refractivity contribution in [3.8, 4) is 17.6 Å². The van der Waals surface area contributed by atoms with Crippen molar-refractivity contribution in [2.75, 3.05) is 40.5 Å². The van der Waals surface area contributed by atoms with E-state index >= 15 is 0 Å². The number of aliphatic hydroxyl groups excluding tert-OH is 1. The molecular weight excluding hydrogens is 468 g/mol. The fourth-order valence-corrected chi connectivity index (χ4v) is 5.62. The number of aliphatic hydroxyl groups is 1. The van der Waals surface area contributed by atoms with E-state index in [0.29, 0.717) is 5.56 Å². The molecule has 0 saturated carbocycles. The first-order valence-corrected chi connectivity index (χ1v) is 12.8. The van der Waals surface area contributed by atoms with Crippen LogP contribution in [0.5, 0.6) is 5.75 Å². The number of sulfonamides is 1. The van der Waals surface area contributed by atoms with Crippen molar-refractivity contribution in [2.24, 2.45) is 5.92 Å². The minimum absolute atomic E-state index is 0.00540. The van der Waals surface area contributed by atoms with Gasteiger partial charge >= 0.3 is 0 Å². The molecule has 1 aliphatic rings. The molecule has 3 rings (SSSR count). The van der Waals surface area contributed by atoms with Crippen LogP contribution in [0.15, 0.2) is 53.4 Å². The molecule has 0 fully saturated rings. The number of fused-ring (bicyclic) bond motifs is 1. The normalized spacial score (nSPS) is 20.3. The molecule has 0 bridgehead atoms. The van der Waals surface area contributed by atoms with Gasteiger partial charge in [-0.2, -0.15) is 4.31 Å². The maximum atomic E-state index is 13.6. The highest BCUT2D eigenvalue weighted by Crippen LogP contribution is 2.34. The van der Waals surface area contributed by atoms with Crippen LogP contribution < -0.4 is 4.74 Å². The van der Waals surface area contributed by atoms with Gasteiger partial charge in [0.05, 0.1) is 13.2 Å². The monoisotopic (exact) mass is 500 g/mol. The second kappa shape index (κ2) is 11.7. The number of carbonyl (C=O) groups excluding carboxylic acids is 1. The number of amides is 1. The SMILES string of the molecule is COCC(=O)N(C)C[C@H]1Oc2cc(C#Cc3ccccc3)ccc2S(=O)(=O)N([C@@H](C)CO)C[C@@H]1C. The maximum absolute atomic E-state index is 13.6. The lowest BCUT2D eigenvalue weighted by Gasteiger charge is -2.37. The zero-order valence-corrected chi connectivity index (χ0v) is 21.3. The number of benzene rings is 2. The largest absolute Gasteiger partial charge is 0.487 e. The first kappa shape index (κ1) is 26.7. The topological polar surface area (TPSA) is 96.4 Å². The standard InChI is InChI=1S/C26H32N2O6S/c1-19-15-28(20(2)17-29)35(31,32)25-13-12-22(11-10-21-8-6-5-7-9-21)14-23(25)34-24(19)16-27(3)26(30)18-33-4/h5-9,12-14,19-20,24,29H,15-18H2,1-4H3/t19-,20-,24+/m0/s1. The number of hydrogen-bond donors (Lipinski definition) is 1. The van der Waals surface area contributed by atoms with Crippen molar-refractivity contribution in [1.82, 2.24) is 9.21 Å². The fraction of sp³-hybridized carbons (Fsp3) is 0.423. The average molecular weight is 501 g/mol. The van der Waals surface area contributed by atoms with E-state index in [4.69, 9.17) is 9.47 Å². The second-order valence-electron chi connectivity index (χ2n) is 8.72. The quantitative estimate of drug-likeness (QED) is 0.610. The Bertz CT molecular complexity index is 1190. The summed E-state index contributed by atoms with van der Waals surface area (Å²) in [5.74, 6) is 5.82. The molecule has 1 N–H and O–H groups in total. The van der Waals surface area contributed by atoms with Gasteiger partial charge < -0.3 is 19.5 Å². The molecular formula is C26H32N2O6S. The Balaban J connectivity index is 2.04. The van der Waals surface area contributed by atoms with E-state index in [1.807, 2.05) is 37.3 Å². The molecule has 0 unspecified atom stereocenters. The number of carbonyl (C=O) groups is 1. The molecule has 0 saturated heterocycles. The zero-order chi connectivity index (χ0) is 25.6. The summed E-state index contributed by atoms with van der Waals surface area (Å²) < 4.78 is 39.6. The van der Waals surface area contributed by atoms with Gasteiger partial charge in [0.2, 0.25) is 15.9 Å². The molecule has 0 radical (unpaired) electrons. The summed E-state index contributed by atoms with van der Waals surface area (Å²) in [7, 11) is -0.839. The van der Waals surface area contributed by atoms with E-state index < -0.39 is 22.2 Å². The van der Waals surface area contributed by atoms with E-state index in [0.717, 1.165) is 5.56 Å². The summed E-state index contributed by atoms with van der Waals surface area (Å²) in [5.41, 5.74) is 1.43. The highest BCUT2D eigenvalue weighted by molar-refractivity contribution is 7.89. The molecule has 2 aromatic rings. The van der Waals surface area contributed by atoms with Crippen LogP contribution in [0.2, 0.25) is 0 Å². The van der Waals surface area contributed by atoms with E-state index in [9.17, 15) is 18.3 Å². The van der Waals surface area contributed by atoms with Crippen LogP contribution in [-0.2, 0) is 19.6 Å². The maximum Gasteiger partial charge on any atom is 0.248 e. The molecule has 3 atom stereocenters. The molecule has 188 valence electrons. The van der Waals surface area contributed by atoms with Crippen LogP contribution in [0.3, 0.4) is 0 Å². The van der Waals surface area contributed by atoms with Gasteiger partial charge in [-0.15, -0.1) is 0 Å². The van der Waals surface area contributed by atoms with E-state index in [-0.39, 0.29) is 48.8 Å². The number of hydrogen-bond acceptors (Lipinski definition) is 6. The number of methoxy groups -OCH3 is 1. The number of nitrogens with zero attached hydrogens (tertiary/aromatic N) is 2. The van der Waals surface area contributed by atoms with Crippen molar-refractivity contribution in [1.29, 1.82) is 0 Å². The lowest BCUT2D eigenvalue weighted by molar-refractivity contribution is -0.135. The predicted molar refractivity (Wildman–Crippen MR) is 132 cm³/mol. The first-order valence-electron chi connectivity index (χ1n) is 11.4. The highest BCUT2D eigenvalue weighted by Gasteiger charge is 2.38. The van der Waals surface area contributed by atoms with Crippen LogP contribution in [0, 0.1) is 17.8 Å². The summed E-state index contributed by atoms with van der Waals surface area (Å²) in [6.45, 7) is 3.53. The summed E-state index contributed by atoms with van der Waals surface area (Å²) in [5, 5.41) is 9.76.